The number of hydrogen-bond acceptors (Lipinski definition) is 1. The largest absolute Gasteiger partial charge is 0.416 e. The molecule has 4 heteroatoms. The van der Waals surface area contributed by atoms with E-state index in [0.29, 0.717) is 0 Å². The first-order chi connectivity index (χ1) is 9.93. The fourth-order valence-electron chi connectivity index (χ4n) is 4.62. The molecule has 1 aromatic carbocycles. The smallest absolute Gasteiger partial charge is 0.319 e. The lowest BCUT2D eigenvalue weighted by Crippen LogP contribution is -2.39. The SMILES string of the molecule is CNCC1(Cc2ccc(C(F)(F)F)cc2)CC2CCC1C2. The highest BCUT2D eigenvalue weighted by Crippen LogP contribution is 2.57. The fourth-order valence-corrected chi connectivity index (χ4v) is 4.62. The highest BCUT2D eigenvalue weighted by molar-refractivity contribution is 5.26. The summed E-state index contributed by atoms with van der Waals surface area (Å²) in [6.07, 6.45) is 1.80. The summed E-state index contributed by atoms with van der Waals surface area (Å²) in [5.41, 5.74) is 0.727. The Morgan fingerprint density at radius 1 is 1.19 bits per heavy atom. The minimum atomic E-state index is -4.24. The second-order valence-electron chi connectivity index (χ2n) is 6.84. The number of nitrogens with one attached hydrogen (secondary N) is 1. The molecule has 3 atom stereocenters. The van der Waals surface area contributed by atoms with Crippen molar-refractivity contribution in [1.29, 1.82) is 0 Å². The molecule has 2 aliphatic carbocycles. The van der Waals surface area contributed by atoms with Crippen LogP contribution >= 0.6 is 0 Å². The van der Waals surface area contributed by atoms with E-state index in [1.54, 1.807) is 12.1 Å². The van der Waals surface area contributed by atoms with Crippen LogP contribution in [-0.4, -0.2) is 13.6 Å². The lowest BCUT2D eigenvalue weighted by molar-refractivity contribution is -0.137. The van der Waals surface area contributed by atoms with E-state index in [4.69, 9.17) is 0 Å². The first-order valence-corrected chi connectivity index (χ1v) is 7.74. The Labute approximate surface area is 123 Å². The van der Waals surface area contributed by atoms with Gasteiger partial charge in [0.05, 0.1) is 5.56 Å². The van der Waals surface area contributed by atoms with Crippen LogP contribution in [0.15, 0.2) is 24.3 Å². The van der Waals surface area contributed by atoms with Crippen LogP contribution in [0.3, 0.4) is 0 Å². The predicted octanol–water partition coefficient (Wildman–Crippen LogP) is 4.27. The maximum Gasteiger partial charge on any atom is 0.416 e. The summed E-state index contributed by atoms with van der Waals surface area (Å²) >= 11 is 0. The highest BCUT2D eigenvalue weighted by Gasteiger charge is 2.50. The van der Waals surface area contributed by atoms with E-state index in [1.165, 1.54) is 37.8 Å². The van der Waals surface area contributed by atoms with Crippen LogP contribution in [0.25, 0.3) is 0 Å². The zero-order valence-corrected chi connectivity index (χ0v) is 12.3. The van der Waals surface area contributed by atoms with E-state index in [0.717, 1.165) is 30.4 Å². The molecule has 1 N–H and O–H groups in total. The van der Waals surface area contributed by atoms with Crippen LogP contribution in [0, 0.1) is 17.3 Å². The molecule has 0 amide bonds. The Morgan fingerprint density at radius 3 is 2.38 bits per heavy atom. The van der Waals surface area contributed by atoms with Crippen molar-refractivity contribution in [3.8, 4) is 0 Å². The molecule has 1 aromatic rings. The summed E-state index contributed by atoms with van der Waals surface area (Å²) in [6.45, 7) is 0.967. The van der Waals surface area contributed by atoms with Crippen molar-refractivity contribution in [1.82, 2.24) is 5.32 Å². The van der Waals surface area contributed by atoms with Crippen LogP contribution < -0.4 is 5.32 Å². The first-order valence-electron chi connectivity index (χ1n) is 7.74. The number of benzene rings is 1. The molecule has 0 spiro atoms. The van der Waals surface area contributed by atoms with Crippen molar-refractivity contribution in [2.45, 2.75) is 38.3 Å². The zero-order valence-electron chi connectivity index (χ0n) is 12.3. The molecule has 0 radical (unpaired) electrons. The molecule has 0 aliphatic heterocycles. The van der Waals surface area contributed by atoms with Gasteiger partial charge in [0.2, 0.25) is 0 Å². The van der Waals surface area contributed by atoms with Crippen molar-refractivity contribution in [2.24, 2.45) is 17.3 Å². The highest BCUT2D eigenvalue weighted by atomic mass is 19.4. The number of halogens is 3. The van der Waals surface area contributed by atoms with Gasteiger partial charge >= 0.3 is 6.18 Å². The number of fused-ring (bicyclic) bond motifs is 2. The van der Waals surface area contributed by atoms with E-state index in [1.807, 2.05) is 7.05 Å². The van der Waals surface area contributed by atoms with Gasteiger partial charge in [0.15, 0.2) is 0 Å². The summed E-state index contributed by atoms with van der Waals surface area (Å²) in [5, 5.41) is 3.31. The Bertz CT molecular complexity index is 494. The Morgan fingerprint density at radius 2 is 1.90 bits per heavy atom. The minimum Gasteiger partial charge on any atom is -0.319 e. The van der Waals surface area contributed by atoms with E-state index in [-0.39, 0.29) is 5.41 Å². The van der Waals surface area contributed by atoms with E-state index in [2.05, 4.69) is 5.32 Å². The minimum absolute atomic E-state index is 0.247. The maximum absolute atomic E-state index is 12.6. The van der Waals surface area contributed by atoms with Crippen molar-refractivity contribution in [2.75, 3.05) is 13.6 Å². The van der Waals surface area contributed by atoms with Gasteiger partial charge in [-0.15, -0.1) is 0 Å². The van der Waals surface area contributed by atoms with Gasteiger partial charge in [0.1, 0.15) is 0 Å². The normalized spacial score (nSPS) is 31.8. The maximum atomic E-state index is 12.6. The molecule has 2 aliphatic rings. The van der Waals surface area contributed by atoms with Crippen molar-refractivity contribution in [3.63, 3.8) is 0 Å². The first kappa shape index (κ1) is 14.9. The summed E-state index contributed by atoms with van der Waals surface area (Å²) in [6, 6.07) is 5.75. The molecule has 3 unspecified atom stereocenters. The molecule has 0 saturated heterocycles. The zero-order chi connectivity index (χ0) is 15.1. The van der Waals surface area contributed by atoms with Crippen LogP contribution in [-0.2, 0) is 12.6 Å². The molecule has 0 aromatic heterocycles. The average Bonchev–Trinajstić information content (AvgIpc) is 2.99. The van der Waals surface area contributed by atoms with Gasteiger partial charge in [-0.3, -0.25) is 0 Å². The van der Waals surface area contributed by atoms with Gasteiger partial charge < -0.3 is 5.32 Å². The lowest BCUT2D eigenvalue weighted by Gasteiger charge is -2.38. The Hall–Kier alpha value is -1.03. The van der Waals surface area contributed by atoms with Crippen LogP contribution in [0.1, 0.15) is 36.8 Å². The predicted molar refractivity (Wildman–Crippen MR) is 77.0 cm³/mol. The summed E-state index contributed by atoms with van der Waals surface area (Å²) in [4.78, 5) is 0. The van der Waals surface area contributed by atoms with Crippen LogP contribution in [0.5, 0.6) is 0 Å². The summed E-state index contributed by atoms with van der Waals surface area (Å²) < 4.78 is 37.9. The fraction of sp³-hybridized carbons (Fsp3) is 0.647. The van der Waals surface area contributed by atoms with Crippen molar-refractivity contribution >= 4 is 0 Å². The topological polar surface area (TPSA) is 12.0 Å². The lowest BCUT2D eigenvalue weighted by atomic mass is 9.69. The molecule has 1 nitrogen and oxygen atoms in total. The molecule has 2 fully saturated rings. The van der Waals surface area contributed by atoms with Crippen molar-refractivity contribution < 1.29 is 13.2 Å². The monoisotopic (exact) mass is 297 g/mol. The van der Waals surface area contributed by atoms with Gasteiger partial charge in [-0.1, -0.05) is 18.6 Å². The third-order valence-corrected chi connectivity index (χ3v) is 5.47. The molecular weight excluding hydrogens is 275 g/mol. The van der Waals surface area contributed by atoms with E-state index >= 15 is 0 Å². The molecule has 21 heavy (non-hydrogen) atoms. The van der Waals surface area contributed by atoms with Gasteiger partial charge in [-0.2, -0.15) is 13.2 Å². The van der Waals surface area contributed by atoms with E-state index < -0.39 is 11.7 Å². The number of hydrogen-bond donors (Lipinski definition) is 1. The third-order valence-electron chi connectivity index (χ3n) is 5.47. The molecule has 3 rings (SSSR count). The standard InChI is InChI=1S/C17H22F3N/c1-21-11-16(10-13-4-7-15(16)8-13)9-12-2-5-14(6-3-12)17(18,19)20/h2-3,5-6,13,15,21H,4,7-11H2,1H3. The molecule has 116 valence electrons. The van der Waals surface area contributed by atoms with Gasteiger partial charge in [0.25, 0.3) is 0 Å². The van der Waals surface area contributed by atoms with Gasteiger partial charge in [0, 0.05) is 6.54 Å². The average molecular weight is 297 g/mol. The number of rotatable bonds is 4. The number of alkyl halides is 3. The summed E-state index contributed by atoms with van der Waals surface area (Å²) in [7, 11) is 1.97. The quantitative estimate of drug-likeness (QED) is 0.875. The van der Waals surface area contributed by atoms with E-state index in [9.17, 15) is 13.2 Å². The van der Waals surface area contributed by atoms with Gasteiger partial charge in [-0.05, 0) is 67.7 Å². The second-order valence-corrected chi connectivity index (χ2v) is 6.84. The molecule has 2 saturated carbocycles. The molecule has 0 heterocycles. The Kier molecular flexibility index (Phi) is 3.76. The Balaban J connectivity index is 1.78. The van der Waals surface area contributed by atoms with Gasteiger partial charge in [-0.25, -0.2) is 0 Å². The molecular formula is C17H22F3N. The van der Waals surface area contributed by atoms with Crippen molar-refractivity contribution in [3.05, 3.63) is 35.4 Å². The summed E-state index contributed by atoms with van der Waals surface area (Å²) in [5.74, 6) is 1.56. The van der Waals surface area contributed by atoms with Crippen LogP contribution in [0.4, 0.5) is 13.2 Å². The van der Waals surface area contributed by atoms with Crippen LogP contribution in [0.2, 0.25) is 0 Å². The molecule has 2 bridgehead atoms. The second kappa shape index (κ2) is 5.31. The third kappa shape index (κ3) is 2.83.